The monoisotopic (exact) mass is 131 g/mol. The molecule has 1 N–H and O–H groups in total. The van der Waals surface area contributed by atoms with Gasteiger partial charge in [-0.2, -0.15) is 5.43 Å². The third kappa shape index (κ3) is 1.13. The van der Waals surface area contributed by atoms with E-state index in [1.807, 2.05) is 0 Å². The first kappa shape index (κ1) is 5.44. The summed E-state index contributed by atoms with van der Waals surface area (Å²) in [7, 11) is 0. The second-order valence-electron chi connectivity index (χ2n) is 1.29. The Morgan fingerprint density at radius 2 is 2.50 bits per heavy atom. The van der Waals surface area contributed by atoms with Crippen molar-refractivity contribution >= 4 is 17.8 Å². The lowest BCUT2D eigenvalue weighted by Crippen LogP contribution is -2.27. The van der Waals surface area contributed by atoms with E-state index in [0.29, 0.717) is 10.3 Å². The van der Waals surface area contributed by atoms with Crippen LogP contribution in [0.5, 0.6) is 0 Å². The van der Waals surface area contributed by atoms with E-state index < -0.39 is 0 Å². The summed E-state index contributed by atoms with van der Waals surface area (Å²) in [6.07, 6.45) is 4.48. The van der Waals surface area contributed by atoms with Crippen molar-refractivity contribution in [3.63, 3.8) is 0 Å². The molecule has 0 saturated carbocycles. The van der Waals surface area contributed by atoms with Gasteiger partial charge < -0.3 is 5.21 Å². The quantitative estimate of drug-likeness (QED) is 0.293. The van der Waals surface area contributed by atoms with E-state index in [9.17, 15) is 5.21 Å². The molecule has 0 atom stereocenters. The highest BCUT2D eigenvalue weighted by Gasteiger charge is 2.06. The third-order valence-electron chi connectivity index (χ3n) is 0.681. The standard InChI is InChI=1S/C4H4ClN2O/c5-4-2-1-3-7(8)6-4/h1-3,6H. The summed E-state index contributed by atoms with van der Waals surface area (Å²) in [6.45, 7) is 0. The van der Waals surface area contributed by atoms with Crippen molar-refractivity contribution in [1.29, 1.82) is 0 Å². The normalized spacial score (nSPS) is 19.9. The molecule has 1 rings (SSSR count). The number of hydrogen-bond acceptors (Lipinski definition) is 2. The van der Waals surface area contributed by atoms with Crippen LogP contribution >= 0.6 is 11.6 Å². The number of nitrogens with one attached hydrogen (secondary N) is 1. The Bertz CT molecular complexity index is 143. The van der Waals surface area contributed by atoms with Crippen molar-refractivity contribution in [2.75, 3.05) is 0 Å². The van der Waals surface area contributed by atoms with Gasteiger partial charge in [-0.25, -0.2) is 0 Å². The highest BCUT2D eigenvalue weighted by molar-refractivity contribution is 6.28. The van der Waals surface area contributed by atoms with Crippen LogP contribution in [-0.2, 0) is 0 Å². The summed E-state index contributed by atoms with van der Waals surface area (Å²) in [5, 5.41) is 10.3. The fourth-order valence-corrected chi connectivity index (χ4v) is 0.542. The SMILES string of the molecule is [O-][N+]1=CC=C[C](Cl)N1. The van der Waals surface area contributed by atoms with Crippen molar-refractivity contribution in [2.45, 2.75) is 0 Å². The average molecular weight is 132 g/mol. The number of hydrazone groups is 1. The lowest BCUT2D eigenvalue weighted by atomic mass is 10.5. The summed E-state index contributed by atoms with van der Waals surface area (Å²) < 4.78 is 0. The first-order valence-corrected chi connectivity index (χ1v) is 2.44. The van der Waals surface area contributed by atoms with E-state index in [1.165, 1.54) is 6.21 Å². The van der Waals surface area contributed by atoms with Crippen LogP contribution in [0.3, 0.4) is 0 Å². The van der Waals surface area contributed by atoms with Crippen LogP contribution in [0.15, 0.2) is 12.2 Å². The minimum Gasteiger partial charge on any atom is -0.596 e. The molecule has 0 bridgehead atoms. The largest absolute Gasteiger partial charge is 0.596 e. The summed E-state index contributed by atoms with van der Waals surface area (Å²) in [5.74, 6) is 0. The van der Waals surface area contributed by atoms with Gasteiger partial charge in [0.25, 0.3) is 0 Å². The molecular weight excluding hydrogens is 128 g/mol. The summed E-state index contributed by atoms with van der Waals surface area (Å²) in [6, 6.07) is 0. The van der Waals surface area contributed by atoms with Gasteiger partial charge in [-0.1, -0.05) is 16.4 Å². The lowest BCUT2D eigenvalue weighted by Gasteiger charge is -2.07. The number of nitrogens with zero attached hydrogens (tertiary/aromatic N) is 1. The predicted molar refractivity (Wildman–Crippen MR) is 31.1 cm³/mol. The maximum Gasteiger partial charge on any atom is 0.229 e. The Hall–Kier alpha value is -0.700. The predicted octanol–water partition coefficient (Wildman–Crippen LogP) is 0.370. The van der Waals surface area contributed by atoms with Gasteiger partial charge in [-0.3, -0.25) is 0 Å². The Labute approximate surface area is 51.8 Å². The smallest absolute Gasteiger partial charge is 0.229 e. The molecule has 0 fully saturated rings. The van der Waals surface area contributed by atoms with E-state index >= 15 is 0 Å². The molecule has 0 unspecified atom stereocenters. The van der Waals surface area contributed by atoms with Gasteiger partial charge in [0.2, 0.25) is 11.7 Å². The topological polar surface area (TPSA) is 38.1 Å². The van der Waals surface area contributed by atoms with Crippen molar-refractivity contribution < 1.29 is 4.85 Å². The minimum absolute atomic E-state index is 0.336. The maximum absolute atomic E-state index is 10.3. The third-order valence-corrected chi connectivity index (χ3v) is 0.892. The molecule has 1 heterocycles. The summed E-state index contributed by atoms with van der Waals surface area (Å²) in [5.41, 5.74) is 2.63. The fourth-order valence-electron chi connectivity index (χ4n) is 0.385. The molecule has 4 heteroatoms. The molecule has 3 nitrogen and oxygen atoms in total. The van der Waals surface area contributed by atoms with Crippen molar-refractivity contribution in [3.8, 4) is 0 Å². The maximum atomic E-state index is 10.3. The highest BCUT2D eigenvalue weighted by Crippen LogP contribution is 2.03. The number of hydrogen-bond donors (Lipinski definition) is 1. The van der Waals surface area contributed by atoms with Crippen LogP contribution in [-0.4, -0.2) is 11.1 Å². The highest BCUT2D eigenvalue weighted by atomic mass is 35.5. The molecule has 43 valence electrons. The van der Waals surface area contributed by atoms with Gasteiger partial charge >= 0.3 is 0 Å². The number of halogens is 1. The van der Waals surface area contributed by atoms with Crippen LogP contribution in [0.2, 0.25) is 0 Å². The molecule has 0 spiro atoms. The van der Waals surface area contributed by atoms with Crippen molar-refractivity contribution in [2.24, 2.45) is 0 Å². The molecule has 1 radical (unpaired) electrons. The van der Waals surface area contributed by atoms with Gasteiger partial charge in [0, 0.05) is 6.08 Å². The Morgan fingerprint density at radius 1 is 1.75 bits per heavy atom. The lowest BCUT2D eigenvalue weighted by molar-refractivity contribution is -0.512. The van der Waals surface area contributed by atoms with Gasteiger partial charge in [-0.05, 0) is 6.08 Å². The summed E-state index contributed by atoms with van der Waals surface area (Å²) >= 11 is 5.37. The van der Waals surface area contributed by atoms with E-state index in [1.54, 1.807) is 12.2 Å². The molecule has 1 aliphatic heterocycles. The van der Waals surface area contributed by atoms with Crippen LogP contribution < -0.4 is 5.43 Å². The molecular formula is C4H4ClN2O. The second kappa shape index (κ2) is 2.05. The van der Waals surface area contributed by atoms with Gasteiger partial charge in [0.1, 0.15) is 0 Å². The minimum atomic E-state index is 0.336. The molecule has 0 saturated heterocycles. The molecule has 0 aliphatic carbocycles. The van der Waals surface area contributed by atoms with Crippen LogP contribution in [0.25, 0.3) is 0 Å². The first-order valence-electron chi connectivity index (χ1n) is 2.06. The average Bonchev–Trinajstić information content (AvgIpc) is 1.64. The fraction of sp³-hybridized carbons (Fsp3) is 0. The van der Waals surface area contributed by atoms with E-state index in [0.717, 1.165) is 0 Å². The number of allylic oxidation sites excluding steroid dienone is 1. The Morgan fingerprint density at radius 3 is 2.88 bits per heavy atom. The number of rotatable bonds is 0. The first-order chi connectivity index (χ1) is 3.79. The van der Waals surface area contributed by atoms with Crippen LogP contribution in [0.1, 0.15) is 0 Å². The van der Waals surface area contributed by atoms with E-state index in [-0.39, 0.29) is 0 Å². The van der Waals surface area contributed by atoms with Gasteiger partial charge in [-0.15, -0.1) is 0 Å². The molecule has 1 aliphatic rings. The zero-order valence-corrected chi connectivity index (χ0v) is 4.72. The zero-order chi connectivity index (χ0) is 5.98. The zero-order valence-electron chi connectivity index (χ0n) is 3.97. The van der Waals surface area contributed by atoms with E-state index in [2.05, 4.69) is 5.43 Å². The second-order valence-corrected chi connectivity index (χ2v) is 1.70. The Balaban J connectivity index is 2.59. The molecule has 0 amide bonds. The van der Waals surface area contributed by atoms with E-state index in [4.69, 9.17) is 11.6 Å². The van der Waals surface area contributed by atoms with Crippen LogP contribution in [0.4, 0.5) is 0 Å². The van der Waals surface area contributed by atoms with Gasteiger partial charge in [0.15, 0.2) is 0 Å². The van der Waals surface area contributed by atoms with Crippen molar-refractivity contribution in [3.05, 3.63) is 22.9 Å². The van der Waals surface area contributed by atoms with Gasteiger partial charge in [0.05, 0.1) is 0 Å². The summed E-state index contributed by atoms with van der Waals surface area (Å²) in [4.78, 5) is 0.530. The van der Waals surface area contributed by atoms with Crippen molar-refractivity contribution in [1.82, 2.24) is 5.43 Å². The molecule has 0 aromatic heterocycles. The Kier molecular flexibility index (Phi) is 1.39. The van der Waals surface area contributed by atoms with Crippen LogP contribution in [0, 0.1) is 10.7 Å². The molecule has 0 aromatic carbocycles. The molecule has 8 heavy (non-hydrogen) atoms. The molecule has 0 aromatic rings. The number of hydrazine groups is 1.